The summed E-state index contributed by atoms with van der Waals surface area (Å²) in [6.07, 6.45) is -4.42. The molecule has 0 aromatic heterocycles. The quantitative estimate of drug-likeness (QED) is 0.596. The molecular formula is C8H6BrF3N2. The third-order valence-corrected chi connectivity index (χ3v) is 1.99. The van der Waals surface area contributed by atoms with E-state index in [0.29, 0.717) is 0 Å². The molecule has 1 rings (SSSR count). The van der Waals surface area contributed by atoms with Gasteiger partial charge in [-0.1, -0.05) is 15.9 Å². The van der Waals surface area contributed by atoms with E-state index >= 15 is 0 Å². The number of halogens is 4. The Kier molecular flexibility index (Phi) is 2.84. The fourth-order valence-corrected chi connectivity index (χ4v) is 1.40. The minimum atomic E-state index is -4.42. The van der Waals surface area contributed by atoms with Gasteiger partial charge >= 0.3 is 6.18 Å². The van der Waals surface area contributed by atoms with E-state index in [9.17, 15) is 13.2 Å². The van der Waals surface area contributed by atoms with E-state index in [2.05, 4.69) is 15.9 Å². The van der Waals surface area contributed by atoms with Crippen molar-refractivity contribution in [2.45, 2.75) is 6.18 Å². The van der Waals surface area contributed by atoms with E-state index in [1.54, 1.807) is 0 Å². The topological polar surface area (TPSA) is 49.9 Å². The van der Waals surface area contributed by atoms with Crippen LogP contribution in [0.15, 0.2) is 22.7 Å². The van der Waals surface area contributed by atoms with Crippen LogP contribution >= 0.6 is 15.9 Å². The molecule has 0 saturated heterocycles. The normalized spacial score (nSPS) is 11.4. The van der Waals surface area contributed by atoms with Crippen LogP contribution in [0.3, 0.4) is 0 Å². The van der Waals surface area contributed by atoms with Gasteiger partial charge in [0, 0.05) is 10.0 Å². The highest BCUT2D eigenvalue weighted by molar-refractivity contribution is 9.10. The molecule has 0 spiro atoms. The van der Waals surface area contributed by atoms with E-state index in [0.717, 1.165) is 12.1 Å². The van der Waals surface area contributed by atoms with Gasteiger partial charge in [-0.2, -0.15) is 13.2 Å². The number of hydrogen-bond donors (Lipinski definition) is 2. The summed E-state index contributed by atoms with van der Waals surface area (Å²) in [5.74, 6) is -0.392. The van der Waals surface area contributed by atoms with Gasteiger partial charge in [-0.25, -0.2) is 0 Å². The molecule has 1 aromatic rings. The zero-order valence-electron chi connectivity index (χ0n) is 6.82. The van der Waals surface area contributed by atoms with Gasteiger partial charge in [0.15, 0.2) is 0 Å². The Balaban J connectivity index is 3.28. The van der Waals surface area contributed by atoms with E-state index in [1.807, 2.05) is 0 Å². The standard InChI is InChI=1S/C8H6BrF3N2/c9-6-2-4(7(13)14)1-5(3-6)8(10,11)12/h1-3H,(H3,13,14). The van der Waals surface area contributed by atoms with Crippen LogP contribution in [0.1, 0.15) is 11.1 Å². The minimum absolute atomic E-state index is 0.0479. The summed E-state index contributed by atoms with van der Waals surface area (Å²) in [5, 5.41) is 7.02. The summed E-state index contributed by atoms with van der Waals surface area (Å²) < 4.78 is 37.1. The number of alkyl halides is 3. The van der Waals surface area contributed by atoms with Crippen molar-refractivity contribution in [3.05, 3.63) is 33.8 Å². The first-order valence-electron chi connectivity index (χ1n) is 3.53. The van der Waals surface area contributed by atoms with Crippen molar-refractivity contribution in [2.75, 3.05) is 0 Å². The van der Waals surface area contributed by atoms with Crippen LogP contribution in [-0.2, 0) is 6.18 Å². The van der Waals surface area contributed by atoms with Crippen molar-refractivity contribution in [1.29, 1.82) is 5.41 Å². The minimum Gasteiger partial charge on any atom is -0.384 e. The smallest absolute Gasteiger partial charge is 0.384 e. The Morgan fingerprint density at radius 1 is 1.29 bits per heavy atom. The number of benzene rings is 1. The Morgan fingerprint density at radius 2 is 1.86 bits per heavy atom. The number of rotatable bonds is 1. The Hall–Kier alpha value is -1.04. The number of nitrogens with one attached hydrogen (secondary N) is 1. The lowest BCUT2D eigenvalue weighted by molar-refractivity contribution is -0.137. The summed E-state index contributed by atoms with van der Waals surface area (Å²) >= 11 is 2.92. The largest absolute Gasteiger partial charge is 0.416 e. The summed E-state index contributed by atoms with van der Waals surface area (Å²) in [7, 11) is 0. The molecule has 1 aromatic carbocycles. The maximum atomic E-state index is 12.3. The molecule has 0 heterocycles. The highest BCUT2D eigenvalue weighted by atomic mass is 79.9. The summed E-state index contributed by atoms with van der Waals surface area (Å²) in [5.41, 5.74) is 4.32. The van der Waals surface area contributed by atoms with Crippen LogP contribution in [0, 0.1) is 5.41 Å². The fourth-order valence-electron chi connectivity index (χ4n) is 0.909. The zero-order chi connectivity index (χ0) is 10.9. The summed E-state index contributed by atoms with van der Waals surface area (Å²) in [6.45, 7) is 0. The predicted octanol–water partition coefficient (Wildman–Crippen LogP) is 2.75. The molecule has 76 valence electrons. The predicted molar refractivity (Wildman–Crippen MR) is 50.2 cm³/mol. The number of nitrogens with two attached hydrogens (primary N) is 1. The van der Waals surface area contributed by atoms with Crippen LogP contribution in [0.4, 0.5) is 13.2 Å². The second-order valence-electron chi connectivity index (χ2n) is 2.64. The molecule has 3 N–H and O–H groups in total. The van der Waals surface area contributed by atoms with Crippen LogP contribution in [0.25, 0.3) is 0 Å². The average Bonchev–Trinajstić information content (AvgIpc) is 2.01. The molecule has 0 fully saturated rings. The molecule has 0 radical (unpaired) electrons. The third kappa shape index (κ3) is 2.47. The first-order valence-corrected chi connectivity index (χ1v) is 4.32. The number of amidine groups is 1. The lowest BCUT2D eigenvalue weighted by Crippen LogP contribution is -2.13. The number of hydrogen-bond acceptors (Lipinski definition) is 1. The lowest BCUT2D eigenvalue weighted by Gasteiger charge is -2.08. The maximum absolute atomic E-state index is 12.3. The lowest BCUT2D eigenvalue weighted by atomic mass is 10.1. The molecule has 0 saturated carbocycles. The molecule has 0 amide bonds. The first kappa shape index (κ1) is 11.0. The second-order valence-corrected chi connectivity index (χ2v) is 3.56. The van der Waals surface area contributed by atoms with Gasteiger partial charge in [0.25, 0.3) is 0 Å². The molecule has 0 aliphatic heterocycles. The maximum Gasteiger partial charge on any atom is 0.416 e. The molecule has 0 aliphatic carbocycles. The Labute approximate surface area is 86.6 Å². The SMILES string of the molecule is N=C(N)c1cc(Br)cc(C(F)(F)F)c1. The van der Waals surface area contributed by atoms with Crippen molar-refractivity contribution < 1.29 is 13.2 Å². The van der Waals surface area contributed by atoms with Crippen molar-refractivity contribution in [2.24, 2.45) is 5.73 Å². The molecule has 2 nitrogen and oxygen atoms in total. The number of nitrogen functional groups attached to an aromatic ring is 1. The molecule has 14 heavy (non-hydrogen) atoms. The molecule has 0 atom stereocenters. The molecular weight excluding hydrogens is 261 g/mol. The highest BCUT2D eigenvalue weighted by Crippen LogP contribution is 2.31. The van der Waals surface area contributed by atoms with E-state index in [4.69, 9.17) is 11.1 Å². The zero-order valence-corrected chi connectivity index (χ0v) is 8.41. The third-order valence-electron chi connectivity index (χ3n) is 1.54. The summed E-state index contributed by atoms with van der Waals surface area (Å²) in [6, 6.07) is 3.14. The van der Waals surface area contributed by atoms with E-state index < -0.39 is 17.6 Å². The van der Waals surface area contributed by atoms with Gasteiger partial charge in [0.1, 0.15) is 5.84 Å². The average molecular weight is 267 g/mol. The second kappa shape index (κ2) is 3.61. The van der Waals surface area contributed by atoms with E-state index in [-0.39, 0.29) is 10.0 Å². The van der Waals surface area contributed by atoms with Crippen LogP contribution in [-0.4, -0.2) is 5.84 Å². The highest BCUT2D eigenvalue weighted by Gasteiger charge is 2.31. The van der Waals surface area contributed by atoms with Gasteiger partial charge in [0.05, 0.1) is 5.56 Å². The van der Waals surface area contributed by atoms with E-state index in [1.165, 1.54) is 6.07 Å². The molecule has 0 bridgehead atoms. The van der Waals surface area contributed by atoms with Gasteiger partial charge in [0.2, 0.25) is 0 Å². The first-order chi connectivity index (χ1) is 6.30. The Morgan fingerprint density at radius 3 is 2.29 bits per heavy atom. The van der Waals surface area contributed by atoms with Crippen molar-refractivity contribution in [1.82, 2.24) is 0 Å². The Bertz CT molecular complexity index is 373. The van der Waals surface area contributed by atoms with Gasteiger partial charge in [-0.05, 0) is 18.2 Å². The molecule has 6 heteroatoms. The van der Waals surface area contributed by atoms with Crippen LogP contribution < -0.4 is 5.73 Å². The van der Waals surface area contributed by atoms with Crippen LogP contribution in [0.5, 0.6) is 0 Å². The van der Waals surface area contributed by atoms with Crippen molar-refractivity contribution in [3.8, 4) is 0 Å². The monoisotopic (exact) mass is 266 g/mol. The fraction of sp³-hybridized carbons (Fsp3) is 0.125. The van der Waals surface area contributed by atoms with Gasteiger partial charge < -0.3 is 5.73 Å². The van der Waals surface area contributed by atoms with Gasteiger partial charge in [-0.15, -0.1) is 0 Å². The molecule has 0 unspecified atom stereocenters. The van der Waals surface area contributed by atoms with Crippen molar-refractivity contribution >= 4 is 21.8 Å². The van der Waals surface area contributed by atoms with Crippen molar-refractivity contribution in [3.63, 3.8) is 0 Å². The van der Waals surface area contributed by atoms with Crippen LogP contribution in [0.2, 0.25) is 0 Å². The van der Waals surface area contributed by atoms with Gasteiger partial charge in [-0.3, -0.25) is 5.41 Å². The summed E-state index contributed by atoms with van der Waals surface area (Å²) in [4.78, 5) is 0. The molecule has 0 aliphatic rings.